The van der Waals surface area contributed by atoms with Crippen molar-refractivity contribution in [2.45, 2.75) is 12.8 Å². The van der Waals surface area contributed by atoms with Gasteiger partial charge in [-0.15, -0.1) is 0 Å². The first kappa shape index (κ1) is 14.0. The molecule has 1 aliphatic rings. The fraction of sp³-hybridized carbons (Fsp3) is 0.462. The summed E-state index contributed by atoms with van der Waals surface area (Å²) >= 11 is 0. The van der Waals surface area contributed by atoms with Crippen molar-refractivity contribution in [3.05, 3.63) is 30.3 Å². The highest BCUT2D eigenvalue weighted by Gasteiger charge is 2.30. The van der Waals surface area contributed by atoms with Crippen LogP contribution in [0.3, 0.4) is 0 Å². The van der Waals surface area contributed by atoms with Gasteiger partial charge in [-0.05, 0) is 25.0 Å². The second-order valence-electron chi connectivity index (χ2n) is 4.82. The van der Waals surface area contributed by atoms with E-state index < -0.39 is 10.0 Å². The van der Waals surface area contributed by atoms with Gasteiger partial charge in [-0.3, -0.25) is 4.79 Å². The Morgan fingerprint density at radius 2 is 2.00 bits per heavy atom. The molecule has 1 heterocycles. The Balaban J connectivity index is 2.00. The second kappa shape index (κ2) is 5.71. The number of hydrogen-bond donors (Lipinski definition) is 1. The molecule has 1 aromatic rings. The summed E-state index contributed by atoms with van der Waals surface area (Å²) in [4.78, 5) is 12.1. The van der Waals surface area contributed by atoms with Gasteiger partial charge >= 0.3 is 0 Å². The largest absolute Gasteiger partial charge is 0.326 e. The molecule has 1 N–H and O–H groups in total. The van der Waals surface area contributed by atoms with Gasteiger partial charge in [0.1, 0.15) is 0 Å². The number of benzene rings is 1. The normalized spacial score (nSPS) is 21.0. The molecule has 0 saturated carbocycles. The van der Waals surface area contributed by atoms with Crippen molar-refractivity contribution >= 4 is 21.6 Å². The summed E-state index contributed by atoms with van der Waals surface area (Å²) in [5, 5.41) is 2.82. The number of para-hydroxylation sites is 1. The van der Waals surface area contributed by atoms with E-state index in [0.29, 0.717) is 6.54 Å². The van der Waals surface area contributed by atoms with Gasteiger partial charge in [0.05, 0.1) is 12.2 Å². The number of carbonyl (C=O) groups is 1. The maximum Gasteiger partial charge on any atom is 0.228 e. The van der Waals surface area contributed by atoms with Crippen molar-refractivity contribution in [3.8, 4) is 0 Å². The molecule has 6 heteroatoms. The monoisotopic (exact) mass is 282 g/mol. The van der Waals surface area contributed by atoms with Crippen molar-refractivity contribution in [3.63, 3.8) is 0 Å². The number of hydrogen-bond acceptors (Lipinski definition) is 3. The SMILES string of the molecule is CS(=O)(=O)N1CCC[C@@H](C(=O)Nc2ccccc2)C1. The predicted molar refractivity (Wildman–Crippen MR) is 74.2 cm³/mol. The van der Waals surface area contributed by atoms with Crippen molar-refractivity contribution in [1.82, 2.24) is 4.31 Å². The number of piperidine rings is 1. The lowest BCUT2D eigenvalue weighted by molar-refractivity contribution is -0.120. The van der Waals surface area contributed by atoms with Gasteiger partial charge in [-0.25, -0.2) is 12.7 Å². The van der Waals surface area contributed by atoms with Gasteiger partial charge in [0.15, 0.2) is 0 Å². The van der Waals surface area contributed by atoms with Crippen LogP contribution in [0, 0.1) is 5.92 Å². The molecule has 5 nitrogen and oxygen atoms in total. The maximum absolute atomic E-state index is 12.1. The zero-order chi connectivity index (χ0) is 13.9. The van der Waals surface area contributed by atoms with E-state index in [-0.39, 0.29) is 18.4 Å². The first-order valence-electron chi connectivity index (χ1n) is 6.28. The molecule has 104 valence electrons. The average Bonchev–Trinajstić information content (AvgIpc) is 2.39. The van der Waals surface area contributed by atoms with E-state index in [9.17, 15) is 13.2 Å². The summed E-state index contributed by atoms with van der Waals surface area (Å²) in [7, 11) is -3.21. The van der Waals surface area contributed by atoms with Crippen molar-refractivity contribution < 1.29 is 13.2 Å². The first-order chi connectivity index (χ1) is 8.97. The average molecular weight is 282 g/mol. The number of rotatable bonds is 3. The molecule has 1 saturated heterocycles. The van der Waals surface area contributed by atoms with Crippen LogP contribution in [0.1, 0.15) is 12.8 Å². The van der Waals surface area contributed by atoms with Crippen LogP contribution in [0.5, 0.6) is 0 Å². The highest BCUT2D eigenvalue weighted by Crippen LogP contribution is 2.20. The second-order valence-corrected chi connectivity index (χ2v) is 6.80. The van der Waals surface area contributed by atoms with Gasteiger partial charge in [0, 0.05) is 18.8 Å². The van der Waals surface area contributed by atoms with Crippen molar-refractivity contribution in [2.24, 2.45) is 5.92 Å². The molecule has 0 aromatic heterocycles. The molecule has 0 bridgehead atoms. The summed E-state index contributed by atoms with van der Waals surface area (Å²) in [5.74, 6) is -0.386. The Hall–Kier alpha value is -1.40. The highest BCUT2D eigenvalue weighted by molar-refractivity contribution is 7.88. The van der Waals surface area contributed by atoms with Gasteiger partial charge in [0.25, 0.3) is 0 Å². The molecule has 1 aliphatic heterocycles. The fourth-order valence-electron chi connectivity index (χ4n) is 2.22. The van der Waals surface area contributed by atoms with Crippen molar-refractivity contribution in [2.75, 3.05) is 24.7 Å². The van der Waals surface area contributed by atoms with Crippen LogP contribution < -0.4 is 5.32 Å². The number of nitrogens with one attached hydrogen (secondary N) is 1. The molecule has 1 aromatic carbocycles. The molecule has 0 unspecified atom stereocenters. The van der Waals surface area contributed by atoms with Gasteiger partial charge < -0.3 is 5.32 Å². The third kappa shape index (κ3) is 3.78. The smallest absolute Gasteiger partial charge is 0.228 e. The van der Waals surface area contributed by atoms with Crippen molar-refractivity contribution in [1.29, 1.82) is 0 Å². The Morgan fingerprint density at radius 3 is 2.63 bits per heavy atom. The lowest BCUT2D eigenvalue weighted by atomic mass is 9.99. The summed E-state index contributed by atoms with van der Waals surface area (Å²) in [6.45, 7) is 0.783. The topological polar surface area (TPSA) is 66.5 Å². The zero-order valence-corrected chi connectivity index (χ0v) is 11.7. The number of nitrogens with zero attached hydrogens (tertiary/aromatic N) is 1. The quantitative estimate of drug-likeness (QED) is 0.908. The minimum Gasteiger partial charge on any atom is -0.326 e. The number of sulfonamides is 1. The third-order valence-corrected chi connectivity index (χ3v) is 4.53. The molecular formula is C13H18N2O3S. The Labute approximate surface area is 113 Å². The van der Waals surface area contributed by atoms with E-state index in [1.54, 1.807) is 0 Å². The lowest BCUT2D eigenvalue weighted by Gasteiger charge is -2.30. The van der Waals surface area contributed by atoms with Crippen LogP contribution >= 0.6 is 0 Å². The van der Waals surface area contributed by atoms with Gasteiger partial charge in [-0.1, -0.05) is 18.2 Å². The number of amides is 1. The highest BCUT2D eigenvalue weighted by atomic mass is 32.2. The molecule has 1 fully saturated rings. The standard InChI is InChI=1S/C13H18N2O3S/c1-19(17,18)15-9-5-6-11(10-15)13(16)14-12-7-3-2-4-8-12/h2-4,7-8,11H,5-6,9-10H2,1H3,(H,14,16)/t11-/m1/s1. The van der Waals surface area contributed by atoms with E-state index in [1.807, 2.05) is 30.3 Å². The van der Waals surface area contributed by atoms with E-state index >= 15 is 0 Å². The minimum atomic E-state index is -3.21. The Kier molecular flexibility index (Phi) is 4.21. The van der Waals surface area contributed by atoms with Crippen LogP contribution in [-0.2, 0) is 14.8 Å². The molecule has 19 heavy (non-hydrogen) atoms. The first-order valence-corrected chi connectivity index (χ1v) is 8.12. The molecule has 2 rings (SSSR count). The van der Waals surface area contributed by atoms with Crippen LogP contribution in [0.15, 0.2) is 30.3 Å². The van der Waals surface area contributed by atoms with Crippen LogP contribution in [0.4, 0.5) is 5.69 Å². The summed E-state index contributed by atoms with van der Waals surface area (Å²) in [6, 6.07) is 9.20. The Bertz CT molecular complexity index is 542. The summed E-state index contributed by atoms with van der Waals surface area (Å²) in [6.07, 6.45) is 2.63. The van der Waals surface area contributed by atoms with Crippen LogP contribution in [-0.4, -0.2) is 38.0 Å². The molecule has 1 atom stereocenters. The van der Waals surface area contributed by atoms with E-state index in [2.05, 4.69) is 5.32 Å². The third-order valence-electron chi connectivity index (χ3n) is 3.27. The predicted octanol–water partition coefficient (Wildman–Crippen LogP) is 1.30. The molecule has 1 amide bonds. The summed E-state index contributed by atoms with van der Waals surface area (Å²) < 4.78 is 24.4. The molecule has 0 spiro atoms. The zero-order valence-electron chi connectivity index (χ0n) is 10.9. The molecular weight excluding hydrogens is 264 g/mol. The molecule has 0 aliphatic carbocycles. The Morgan fingerprint density at radius 1 is 1.32 bits per heavy atom. The fourth-order valence-corrected chi connectivity index (χ4v) is 3.13. The van der Waals surface area contributed by atoms with E-state index in [0.717, 1.165) is 18.5 Å². The maximum atomic E-state index is 12.1. The summed E-state index contributed by atoms with van der Waals surface area (Å²) in [5.41, 5.74) is 0.740. The lowest BCUT2D eigenvalue weighted by Crippen LogP contribution is -2.43. The number of anilines is 1. The van der Waals surface area contributed by atoms with Crippen LogP contribution in [0.2, 0.25) is 0 Å². The van der Waals surface area contributed by atoms with Gasteiger partial charge in [-0.2, -0.15) is 0 Å². The minimum absolute atomic E-state index is 0.112. The molecule has 0 radical (unpaired) electrons. The number of carbonyl (C=O) groups excluding carboxylic acids is 1. The van der Waals surface area contributed by atoms with Gasteiger partial charge in [0.2, 0.25) is 15.9 Å². The van der Waals surface area contributed by atoms with Crippen LogP contribution in [0.25, 0.3) is 0 Å². The van der Waals surface area contributed by atoms with E-state index in [4.69, 9.17) is 0 Å². The van der Waals surface area contributed by atoms with E-state index in [1.165, 1.54) is 10.6 Å².